The number of carbonyl (C=O) groups excluding carboxylic acids is 1. The van der Waals surface area contributed by atoms with Crippen molar-refractivity contribution in [3.8, 4) is 5.75 Å². The SMILES string of the molecule is CO[C@@H]1CN(C)C(=O)c2ccc(NS(C)(=O)=O)cc2OC[C@H](C)N(CC2CC2)C[C@@H]1C. The van der Waals surface area contributed by atoms with E-state index in [9.17, 15) is 13.2 Å². The highest BCUT2D eigenvalue weighted by atomic mass is 32.2. The summed E-state index contributed by atoms with van der Waals surface area (Å²) in [5.41, 5.74) is 0.778. The van der Waals surface area contributed by atoms with Crippen LogP contribution in [0.5, 0.6) is 5.75 Å². The number of benzene rings is 1. The van der Waals surface area contributed by atoms with Gasteiger partial charge < -0.3 is 14.4 Å². The Labute approximate surface area is 185 Å². The first-order chi connectivity index (χ1) is 14.6. The molecule has 0 spiro atoms. The minimum atomic E-state index is -3.44. The first-order valence-corrected chi connectivity index (χ1v) is 12.7. The van der Waals surface area contributed by atoms with Gasteiger partial charge >= 0.3 is 0 Å². The van der Waals surface area contributed by atoms with Crippen LogP contribution in [-0.2, 0) is 14.8 Å². The van der Waals surface area contributed by atoms with Gasteiger partial charge in [-0.15, -0.1) is 0 Å². The summed E-state index contributed by atoms with van der Waals surface area (Å²) in [6.07, 6.45) is 3.55. The molecule has 3 rings (SSSR count). The molecule has 1 aliphatic heterocycles. The Morgan fingerprint density at radius 1 is 1.23 bits per heavy atom. The van der Waals surface area contributed by atoms with Crippen molar-refractivity contribution >= 4 is 21.6 Å². The number of methoxy groups -OCH3 is 1. The smallest absolute Gasteiger partial charge is 0.257 e. The molecule has 0 unspecified atom stereocenters. The zero-order valence-electron chi connectivity index (χ0n) is 19.1. The van der Waals surface area contributed by atoms with E-state index >= 15 is 0 Å². The normalized spacial score (nSPS) is 26.4. The lowest BCUT2D eigenvalue weighted by Gasteiger charge is -2.36. The van der Waals surface area contributed by atoms with Gasteiger partial charge in [-0.05, 0) is 43.7 Å². The van der Waals surface area contributed by atoms with Crippen LogP contribution in [0.3, 0.4) is 0 Å². The molecule has 1 fully saturated rings. The molecular formula is C22H35N3O5S. The molecule has 3 atom stereocenters. The third-order valence-electron chi connectivity index (χ3n) is 6.07. The highest BCUT2D eigenvalue weighted by Crippen LogP contribution is 2.32. The second-order valence-electron chi connectivity index (χ2n) is 9.08. The van der Waals surface area contributed by atoms with Gasteiger partial charge in [0.15, 0.2) is 0 Å². The van der Waals surface area contributed by atoms with E-state index in [4.69, 9.17) is 9.47 Å². The Hall–Kier alpha value is -1.84. The summed E-state index contributed by atoms with van der Waals surface area (Å²) in [6, 6.07) is 4.93. The van der Waals surface area contributed by atoms with Crippen molar-refractivity contribution in [2.24, 2.45) is 11.8 Å². The van der Waals surface area contributed by atoms with Gasteiger partial charge in [0.1, 0.15) is 12.4 Å². The minimum absolute atomic E-state index is 0.0853. The van der Waals surface area contributed by atoms with Gasteiger partial charge in [-0.2, -0.15) is 0 Å². The molecule has 1 N–H and O–H groups in total. The number of anilines is 1. The van der Waals surface area contributed by atoms with Crippen LogP contribution >= 0.6 is 0 Å². The average molecular weight is 454 g/mol. The van der Waals surface area contributed by atoms with Crippen molar-refractivity contribution < 1.29 is 22.7 Å². The monoisotopic (exact) mass is 453 g/mol. The molecule has 0 radical (unpaired) electrons. The molecule has 0 aromatic heterocycles. The van der Waals surface area contributed by atoms with Crippen molar-refractivity contribution in [3.05, 3.63) is 23.8 Å². The van der Waals surface area contributed by atoms with E-state index in [1.807, 2.05) is 0 Å². The lowest BCUT2D eigenvalue weighted by atomic mass is 10.0. The number of nitrogens with zero attached hydrogens (tertiary/aromatic N) is 2. The van der Waals surface area contributed by atoms with Crippen LogP contribution < -0.4 is 9.46 Å². The quantitative estimate of drug-likeness (QED) is 0.736. The largest absolute Gasteiger partial charge is 0.491 e. The van der Waals surface area contributed by atoms with Gasteiger partial charge in [-0.1, -0.05) is 6.92 Å². The molecule has 1 heterocycles. The minimum Gasteiger partial charge on any atom is -0.491 e. The number of hydrogen-bond donors (Lipinski definition) is 1. The number of hydrogen-bond acceptors (Lipinski definition) is 6. The lowest BCUT2D eigenvalue weighted by Crippen LogP contribution is -2.47. The Bertz CT molecular complexity index is 887. The van der Waals surface area contributed by atoms with Crippen LogP contribution in [-0.4, -0.2) is 82.9 Å². The van der Waals surface area contributed by atoms with E-state index in [1.165, 1.54) is 12.8 Å². The molecule has 1 aromatic rings. The predicted molar refractivity (Wildman–Crippen MR) is 121 cm³/mol. The molecule has 2 aliphatic rings. The van der Waals surface area contributed by atoms with Gasteiger partial charge in [-0.25, -0.2) is 8.42 Å². The molecule has 8 nitrogen and oxygen atoms in total. The Kier molecular flexibility index (Phi) is 7.49. The number of nitrogens with one attached hydrogen (secondary N) is 1. The number of amides is 1. The molecule has 1 saturated carbocycles. The number of rotatable bonds is 5. The maximum absolute atomic E-state index is 13.2. The maximum Gasteiger partial charge on any atom is 0.257 e. The second kappa shape index (κ2) is 9.75. The van der Waals surface area contributed by atoms with E-state index in [2.05, 4.69) is 23.5 Å². The van der Waals surface area contributed by atoms with Crippen LogP contribution in [0.2, 0.25) is 0 Å². The van der Waals surface area contributed by atoms with Crippen LogP contribution in [0.4, 0.5) is 5.69 Å². The summed E-state index contributed by atoms with van der Waals surface area (Å²) in [5, 5.41) is 0. The zero-order chi connectivity index (χ0) is 22.8. The average Bonchev–Trinajstić information content (AvgIpc) is 3.51. The number of fused-ring (bicyclic) bond motifs is 1. The summed E-state index contributed by atoms with van der Waals surface area (Å²) in [5.74, 6) is 1.19. The van der Waals surface area contributed by atoms with Crippen molar-refractivity contribution in [2.45, 2.75) is 38.8 Å². The Balaban J connectivity index is 1.93. The topological polar surface area (TPSA) is 88.2 Å². The molecule has 174 valence electrons. The highest BCUT2D eigenvalue weighted by molar-refractivity contribution is 7.92. The fourth-order valence-electron chi connectivity index (χ4n) is 4.01. The van der Waals surface area contributed by atoms with Gasteiger partial charge in [-0.3, -0.25) is 14.4 Å². The summed E-state index contributed by atoms with van der Waals surface area (Å²) in [4.78, 5) is 17.3. The summed E-state index contributed by atoms with van der Waals surface area (Å²) < 4.78 is 37.6. The summed E-state index contributed by atoms with van der Waals surface area (Å²) >= 11 is 0. The number of ether oxygens (including phenoxy) is 2. The fourth-order valence-corrected chi connectivity index (χ4v) is 4.57. The van der Waals surface area contributed by atoms with E-state index in [0.29, 0.717) is 30.2 Å². The van der Waals surface area contributed by atoms with Crippen molar-refractivity contribution in [3.63, 3.8) is 0 Å². The van der Waals surface area contributed by atoms with E-state index < -0.39 is 10.0 Å². The molecule has 0 bridgehead atoms. The molecule has 31 heavy (non-hydrogen) atoms. The Morgan fingerprint density at radius 2 is 1.94 bits per heavy atom. The summed E-state index contributed by atoms with van der Waals surface area (Å²) in [7, 11) is 0.0119. The molecule has 1 aliphatic carbocycles. The van der Waals surface area contributed by atoms with Gasteiger partial charge in [0.25, 0.3) is 5.91 Å². The van der Waals surface area contributed by atoms with Gasteiger partial charge in [0, 0.05) is 45.9 Å². The van der Waals surface area contributed by atoms with Crippen LogP contribution in [0.1, 0.15) is 37.0 Å². The zero-order valence-corrected chi connectivity index (χ0v) is 19.9. The second-order valence-corrected chi connectivity index (χ2v) is 10.8. The molecule has 1 aromatic carbocycles. The van der Waals surface area contributed by atoms with Gasteiger partial charge in [0.05, 0.1) is 23.6 Å². The number of sulfonamides is 1. The first kappa shape index (κ1) is 23.8. The van der Waals surface area contributed by atoms with E-state index in [1.54, 1.807) is 37.3 Å². The van der Waals surface area contributed by atoms with Crippen molar-refractivity contribution in [1.29, 1.82) is 0 Å². The standard InChI is InChI=1S/C22H35N3O5S/c1-15-11-25(12-17-6-7-17)16(2)14-30-20-10-18(23-31(5,27)28)8-9-19(20)22(26)24(3)13-21(15)29-4/h8-10,15-17,21,23H,6-7,11-14H2,1-5H3/t15-,16-,21+/m0/s1. The molecule has 0 saturated heterocycles. The van der Waals surface area contributed by atoms with Gasteiger partial charge in [0.2, 0.25) is 10.0 Å². The number of carbonyl (C=O) groups is 1. The first-order valence-electron chi connectivity index (χ1n) is 10.8. The lowest BCUT2D eigenvalue weighted by molar-refractivity contribution is 0.00994. The molecule has 9 heteroatoms. The van der Waals surface area contributed by atoms with Crippen LogP contribution in [0, 0.1) is 11.8 Å². The predicted octanol–water partition coefficient (Wildman–Crippen LogP) is 2.27. The maximum atomic E-state index is 13.2. The Morgan fingerprint density at radius 3 is 2.55 bits per heavy atom. The fraction of sp³-hybridized carbons (Fsp3) is 0.682. The summed E-state index contributed by atoms with van der Waals surface area (Å²) in [6.45, 7) is 7.07. The van der Waals surface area contributed by atoms with Crippen LogP contribution in [0.15, 0.2) is 18.2 Å². The molecule has 1 amide bonds. The van der Waals surface area contributed by atoms with Crippen molar-refractivity contribution in [1.82, 2.24) is 9.80 Å². The number of likely N-dealkylation sites (N-methyl/N-ethyl adjacent to an activating group) is 1. The van der Waals surface area contributed by atoms with E-state index in [0.717, 1.165) is 25.3 Å². The molecular weight excluding hydrogens is 418 g/mol. The van der Waals surface area contributed by atoms with Crippen LogP contribution in [0.25, 0.3) is 0 Å². The van der Waals surface area contributed by atoms with Crippen molar-refractivity contribution in [2.75, 3.05) is 51.4 Å². The third kappa shape index (κ3) is 6.57. The van der Waals surface area contributed by atoms with E-state index in [-0.39, 0.29) is 24.0 Å². The third-order valence-corrected chi connectivity index (χ3v) is 6.68. The highest BCUT2D eigenvalue weighted by Gasteiger charge is 2.31.